The summed E-state index contributed by atoms with van der Waals surface area (Å²) >= 11 is 3.34. The monoisotopic (exact) mass is 439 g/mol. The Labute approximate surface area is 167 Å². The summed E-state index contributed by atoms with van der Waals surface area (Å²) in [5.41, 5.74) is 2.14. The highest BCUT2D eigenvalue weighted by molar-refractivity contribution is 9.10. The summed E-state index contributed by atoms with van der Waals surface area (Å²) in [7, 11) is 1.64. The smallest absolute Gasteiger partial charge is 0.270 e. The number of rotatable bonds is 6. The first-order valence-electron chi connectivity index (χ1n) is 9.28. The van der Waals surface area contributed by atoms with E-state index in [0.717, 1.165) is 5.52 Å². The Bertz CT molecular complexity index is 818. The Balaban J connectivity index is 1.73. The number of piperidine rings is 1. The number of hydrogen-bond donors (Lipinski definition) is 1. The second kappa shape index (κ2) is 8.48. The number of methoxy groups -OCH3 is 1. The summed E-state index contributed by atoms with van der Waals surface area (Å²) in [6.07, 6.45) is 1.37. The molecule has 1 fully saturated rings. The SMILES string of the molecule is COCCn1c(C(=O)N2CCC(C(=O)NC(C)C)CC2)cc2oc(Br)cc21. The van der Waals surface area contributed by atoms with Crippen molar-refractivity contribution in [2.24, 2.45) is 5.92 Å². The van der Waals surface area contributed by atoms with Crippen LogP contribution in [0.15, 0.2) is 21.2 Å². The molecule has 1 aliphatic rings. The number of halogens is 1. The third-order valence-corrected chi connectivity index (χ3v) is 5.27. The van der Waals surface area contributed by atoms with Gasteiger partial charge < -0.3 is 23.9 Å². The lowest BCUT2D eigenvalue weighted by Crippen LogP contribution is -2.44. The summed E-state index contributed by atoms with van der Waals surface area (Å²) in [4.78, 5) is 27.1. The van der Waals surface area contributed by atoms with Crippen molar-refractivity contribution in [2.45, 2.75) is 39.3 Å². The number of fused-ring (bicyclic) bond motifs is 1. The normalized spacial score (nSPS) is 15.7. The van der Waals surface area contributed by atoms with Crippen LogP contribution >= 0.6 is 15.9 Å². The van der Waals surface area contributed by atoms with Crippen molar-refractivity contribution in [1.82, 2.24) is 14.8 Å². The zero-order valence-electron chi connectivity index (χ0n) is 16.0. The standard InChI is InChI=1S/C19H26BrN3O4/c1-12(2)21-18(24)13-4-6-22(7-5-13)19(25)15-10-16-14(11-17(20)27-16)23(15)8-9-26-3/h10-13H,4-9H2,1-3H3,(H,21,24). The molecule has 0 radical (unpaired) electrons. The molecule has 1 N–H and O–H groups in total. The van der Waals surface area contributed by atoms with Gasteiger partial charge in [-0.2, -0.15) is 0 Å². The molecule has 3 heterocycles. The van der Waals surface area contributed by atoms with E-state index in [1.54, 1.807) is 13.2 Å². The lowest BCUT2D eigenvalue weighted by Gasteiger charge is -2.32. The maximum atomic E-state index is 13.1. The highest BCUT2D eigenvalue weighted by Crippen LogP contribution is 2.28. The van der Waals surface area contributed by atoms with Crippen molar-refractivity contribution < 1.29 is 18.7 Å². The third-order valence-electron chi connectivity index (χ3n) is 4.88. The topological polar surface area (TPSA) is 76.7 Å². The van der Waals surface area contributed by atoms with E-state index in [1.165, 1.54) is 0 Å². The number of carbonyl (C=O) groups excluding carboxylic acids is 2. The van der Waals surface area contributed by atoms with Crippen LogP contribution in [0.3, 0.4) is 0 Å². The van der Waals surface area contributed by atoms with Gasteiger partial charge in [-0.1, -0.05) is 0 Å². The average Bonchev–Trinajstić information content (AvgIpc) is 3.15. The average molecular weight is 440 g/mol. The highest BCUT2D eigenvalue weighted by atomic mass is 79.9. The summed E-state index contributed by atoms with van der Waals surface area (Å²) < 4.78 is 13.4. The van der Waals surface area contributed by atoms with Crippen LogP contribution in [-0.4, -0.2) is 54.1 Å². The Morgan fingerprint density at radius 2 is 2.04 bits per heavy atom. The predicted octanol–water partition coefficient (Wildman–Crippen LogP) is 3.02. The van der Waals surface area contributed by atoms with E-state index in [9.17, 15) is 9.59 Å². The van der Waals surface area contributed by atoms with E-state index < -0.39 is 0 Å². The molecule has 1 aliphatic heterocycles. The van der Waals surface area contributed by atoms with E-state index in [2.05, 4.69) is 21.2 Å². The predicted molar refractivity (Wildman–Crippen MR) is 106 cm³/mol. The first-order valence-corrected chi connectivity index (χ1v) is 10.1. The molecule has 0 aromatic carbocycles. The van der Waals surface area contributed by atoms with E-state index in [0.29, 0.717) is 55.0 Å². The third kappa shape index (κ3) is 4.38. The first-order chi connectivity index (χ1) is 12.9. The van der Waals surface area contributed by atoms with E-state index in [1.807, 2.05) is 29.4 Å². The van der Waals surface area contributed by atoms with Crippen LogP contribution in [0.25, 0.3) is 11.1 Å². The molecule has 7 nitrogen and oxygen atoms in total. The molecule has 0 bridgehead atoms. The van der Waals surface area contributed by atoms with Crippen LogP contribution in [0.5, 0.6) is 0 Å². The summed E-state index contributed by atoms with van der Waals surface area (Å²) in [5, 5.41) is 2.96. The molecule has 0 saturated carbocycles. The van der Waals surface area contributed by atoms with Crippen molar-refractivity contribution >= 4 is 38.8 Å². The van der Waals surface area contributed by atoms with Crippen molar-refractivity contribution in [3.8, 4) is 0 Å². The van der Waals surface area contributed by atoms with Gasteiger partial charge in [0.1, 0.15) is 5.69 Å². The van der Waals surface area contributed by atoms with Gasteiger partial charge in [0.15, 0.2) is 10.3 Å². The van der Waals surface area contributed by atoms with Crippen molar-refractivity contribution in [1.29, 1.82) is 0 Å². The number of furan rings is 1. The molecule has 0 atom stereocenters. The highest BCUT2D eigenvalue weighted by Gasteiger charge is 2.30. The van der Waals surface area contributed by atoms with Gasteiger partial charge in [-0.3, -0.25) is 9.59 Å². The molecule has 148 valence electrons. The number of aromatic nitrogens is 1. The van der Waals surface area contributed by atoms with E-state index in [-0.39, 0.29) is 23.8 Å². The van der Waals surface area contributed by atoms with Crippen LogP contribution in [-0.2, 0) is 16.1 Å². The molecule has 8 heteroatoms. The van der Waals surface area contributed by atoms with Crippen LogP contribution < -0.4 is 5.32 Å². The largest absolute Gasteiger partial charge is 0.448 e. The van der Waals surface area contributed by atoms with E-state index >= 15 is 0 Å². The van der Waals surface area contributed by atoms with Gasteiger partial charge in [-0.15, -0.1) is 0 Å². The van der Waals surface area contributed by atoms with Gasteiger partial charge in [0, 0.05) is 50.8 Å². The Hall–Kier alpha value is -1.80. The molecular weight excluding hydrogens is 414 g/mol. The Morgan fingerprint density at radius 3 is 2.67 bits per heavy atom. The molecule has 0 aliphatic carbocycles. The van der Waals surface area contributed by atoms with Gasteiger partial charge in [0.05, 0.1) is 12.1 Å². The van der Waals surface area contributed by atoms with Gasteiger partial charge in [0.2, 0.25) is 5.91 Å². The maximum absolute atomic E-state index is 13.1. The van der Waals surface area contributed by atoms with Crippen molar-refractivity contribution in [2.75, 3.05) is 26.8 Å². The Kier molecular flexibility index (Phi) is 6.26. The number of hydrogen-bond acceptors (Lipinski definition) is 4. The van der Waals surface area contributed by atoms with E-state index in [4.69, 9.17) is 9.15 Å². The molecule has 1 saturated heterocycles. The maximum Gasteiger partial charge on any atom is 0.270 e. The first kappa shape index (κ1) is 19.9. The number of nitrogens with one attached hydrogen (secondary N) is 1. The van der Waals surface area contributed by atoms with Gasteiger partial charge in [-0.25, -0.2) is 0 Å². The molecule has 2 amide bonds. The molecule has 0 spiro atoms. The fraction of sp³-hybridized carbons (Fsp3) is 0.579. The summed E-state index contributed by atoms with van der Waals surface area (Å²) in [6, 6.07) is 3.79. The lowest BCUT2D eigenvalue weighted by molar-refractivity contribution is -0.126. The Morgan fingerprint density at radius 1 is 1.33 bits per heavy atom. The number of carbonyl (C=O) groups is 2. The molecule has 3 rings (SSSR count). The molecule has 2 aromatic heterocycles. The fourth-order valence-corrected chi connectivity index (χ4v) is 3.91. The van der Waals surface area contributed by atoms with Gasteiger partial charge >= 0.3 is 0 Å². The van der Waals surface area contributed by atoms with Gasteiger partial charge in [-0.05, 0) is 42.6 Å². The van der Waals surface area contributed by atoms with Crippen molar-refractivity contribution in [3.05, 3.63) is 22.5 Å². The summed E-state index contributed by atoms with van der Waals surface area (Å²) in [6.45, 7) is 6.15. The van der Waals surface area contributed by atoms with Crippen LogP contribution in [0.2, 0.25) is 0 Å². The molecular formula is C19H26BrN3O4. The number of amides is 2. The molecule has 2 aromatic rings. The van der Waals surface area contributed by atoms with Gasteiger partial charge in [0.25, 0.3) is 5.91 Å². The van der Waals surface area contributed by atoms with Crippen LogP contribution in [0.4, 0.5) is 0 Å². The summed E-state index contributed by atoms with van der Waals surface area (Å²) in [5.74, 6) is 0.0308. The zero-order chi connectivity index (χ0) is 19.6. The molecule has 27 heavy (non-hydrogen) atoms. The number of likely N-dealkylation sites (tertiary alicyclic amines) is 1. The minimum Gasteiger partial charge on any atom is -0.448 e. The quantitative estimate of drug-likeness (QED) is 0.750. The number of nitrogens with zero attached hydrogens (tertiary/aromatic N) is 2. The van der Waals surface area contributed by atoms with Crippen LogP contribution in [0.1, 0.15) is 37.2 Å². The van der Waals surface area contributed by atoms with Crippen molar-refractivity contribution in [3.63, 3.8) is 0 Å². The fourth-order valence-electron chi connectivity index (χ4n) is 3.52. The minimum absolute atomic E-state index is 0.0241. The molecule has 0 unspecified atom stereocenters. The van der Waals surface area contributed by atoms with Crippen LogP contribution in [0, 0.1) is 5.92 Å². The zero-order valence-corrected chi connectivity index (χ0v) is 17.5. The second-order valence-corrected chi connectivity index (χ2v) is 7.99. The second-order valence-electron chi connectivity index (χ2n) is 7.20. The minimum atomic E-state index is -0.0312. The lowest BCUT2D eigenvalue weighted by atomic mass is 9.95. The number of ether oxygens (including phenoxy) is 1.